The second-order valence-electron chi connectivity index (χ2n) is 6.18. The van der Waals surface area contributed by atoms with Crippen molar-refractivity contribution in [1.82, 2.24) is 15.2 Å². The molecule has 4 aromatic rings. The Balaban J connectivity index is 1.42. The van der Waals surface area contributed by atoms with Gasteiger partial charge in [-0.15, -0.1) is 0 Å². The fourth-order valence-corrected chi connectivity index (χ4v) is 3.52. The summed E-state index contributed by atoms with van der Waals surface area (Å²) < 4.78 is 11.6. The second kappa shape index (κ2) is 6.65. The molecule has 0 unspecified atom stereocenters. The van der Waals surface area contributed by atoms with Crippen molar-refractivity contribution in [2.24, 2.45) is 0 Å². The lowest BCUT2D eigenvalue weighted by atomic mass is 10.1. The minimum absolute atomic E-state index is 0.211. The van der Waals surface area contributed by atoms with Gasteiger partial charge >= 0.3 is 0 Å². The van der Waals surface area contributed by atoms with Gasteiger partial charge in [0.25, 0.3) is 5.91 Å². The summed E-state index contributed by atoms with van der Waals surface area (Å²) in [7, 11) is 0. The number of nitrogens with zero attached hydrogens (tertiary/aromatic N) is 2. The van der Waals surface area contributed by atoms with E-state index in [1.165, 1.54) is 0 Å². The van der Waals surface area contributed by atoms with Gasteiger partial charge in [0.05, 0.1) is 16.9 Å². The van der Waals surface area contributed by atoms with Crippen LogP contribution in [0.4, 0.5) is 5.69 Å². The number of H-pyrrole nitrogens is 1. The average molecular weight is 437 g/mol. The Morgan fingerprint density at radius 1 is 1.11 bits per heavy atom. The summed E-state index contributed by atoms with van der Waals surface area (Å²) in [5, 5.41) is 10.9. The average Bonchev–Trinajstić information content (AvgIpc) is 3.39. The summed E-state index contributed by atoms with van der Waals surface area (Å²) >= 11 is 3.50. The highest BCUT2D eigenvalue weighted by Crippen LogP contribution is 2.35. The van der Waals surface area contributed by atoms with Gasteiger partial charge in [0.1, 0.15) is 5.69 Å². The maximum atomic E-state index is 12.7. The van der Waals surface area contributed by atoms with Crippen LogP contribution < -0.4 is 14.8 Å². The van der Waals surface area contributed by atoms with Crippen molar-refractivity contribution in [3.8, 4) is 22.8 Å². The van der Waals surface area contributed by atoms with Crippen LogP contribution in [-0.4, -0.2) is 27.9 Å². The summed E-state index contributed by atoms with van der Waals surface area (Å²) in [4.78, 5) is 17.1. The van der Waals surface area contributed by atoms with Crippen LogP contribution >= 0.6 is 15.9 Å². The molecule has 2 aromatic carbocycles. The van der Waals surface area contributed by atoms with Gasteiger partial charge in [-0.05, 0) is 42.5 Å². The summed E-state index contributed by atoms with van der Waals surface area (Å²) in [6, 6.07) is 14.7. The van der Waals surface area contributed by atoms with E-state index in [4.69, 9.17) is 9.47 Å². The van der Waals surface area contributed by atoms with Gasteiger partial charge in [-0.25, -0.2) is 0 Å². The number of nitrogens with one attached hydrogen (secondary N) is 2. The molecule has 5 rings (SSSR count). The molecule has 0 radical (unpaired) electrons. The quantitative estimate of drug-likeness (QED) is 0.497. The minimum atomic E-state index is -0.297. The number of aromatic nitrogens is 3. The molecule has 2 aromatic heterocycles. The number of amides is 1. The van der Waals surface area contributed by atoms with Crippen LogP contribution in [0.2, 0.25) is 0 Å². The second-order valence-corrected chi connectivity index (χ2v) is 7.04. The largest absolute Gasteiger partial charge is 0.454 e. The SMILES string of the molecule is O=C(Nc1ccc(Br)c2cccnc12)c1cc(-c2ccc3c(c2)OCO3)n[nH]1. The third-order valence-electron chi connectivity index (χ3n) is 4.46. The molecule has 7 nitrogen and oxygen atoms in total. The molecule has 0 bridgehead atoms. The number of carbonyl (C=O) groups excluding carboxylic acids is 1. The normalized spacial score (nSPS) is 12.3. The number of hydrogen-bond donors (Lipinski definition) is 2. The molecule has 1 aliphatic heterocycles. The van der Waals surface area contributed by atoms with Crippen molar-refractivity contribution in [3.05, 3.63) is 64.9 Å². The topological polar surface area (TPSA) is 89.1 Å². The molecule has 28 heavy (non-hydrogen) atoms. The molecule has 138 valence electrons. The van der Waals surface area contributed by atoms with Crippen LogP contribution in [0, 0.1) is 0 Å². The summed E-state index contributed by atoms with van der Waals surface area (Å²) in [5.74, 6) is 1.07. The number of carbonyl (C=O) groups is 1. The number of aromatic amines is 1. The van der Waals surface area contributed by atoms with E-state index in [0.29, 0.717) is 34.1 Å². The van der Waals surface area contributed by atoms with Crippen molar-refractivity contribution in [2.75, 3.05) is 12.1 Å². The van der Waals surface area contributed by atoms with E-state index in [2.05, 4.69) is 36.4 Å². The van der Waals surface area contributed by atoms with E-state index >= 15 is 0 Å². The zero-order chi connectivity index (χ0) is 19.1. The zero-order valence-corrected chi connectivity index (χ0v) is 16.0. The van der Waals surface area contributed by atoms with Crippen molar-refractivity contribution >= 4 is 38.4 Å². The summed E-state index contributed by atoms with van der Waals surface area (Å²) in [5.41, 5.74) is 3.15. The van der Waals surface area contributed by atoms with Gasteiger partial charge in [-0.3, -0.25) is 14.9 Å². The van der Waals surface area contributed by atoms with Crippen molar-refractivity contribution < 1.29 is 14.3 Å². The summed E-state index contributed by atoms with van der Waals surface area (Å²) in [6.07, 6.45) is 1.69. The molecule has 0 fully saturated rings. The molecule has 0 saturated heterocycles. The first-order valence-corrected chi connectivity index (χ1v) is 9.28. The maximum Gasteiger partial charge on any atom is 0.273 e. The lowest BCUT2D eigenvalue weighted by molar-refractivity contribution is 0.102. The predicted octanol–water partition coefficient (Wildman–Crippen LogP) is 4.37. The highest BCUT2D eigenvalue weighted by molar-refractivity contribution is 9.10. The van der Waals surface area contributed by atoms with E-state index in [9.17, 15) is 4.79 Å². The van der Waals surface area contributed by atoms with E-state index in [1.807, 2.05) is 42.5 Å². The maximum absolute atomic E-state index is 12.7. The first-order chi connectivity index (χ1) is 13.7. The van der Waals surface area contributed by atoms with Crippen LogP contribution in [0.3, 0.4) is 0 Å². The Kier molecular flexibility index (Phi) is 3.98. The highest BCUT2D eigenvalue weighted by atomic mass is 79.9. The van der Waals surface area contributed by atoms with Crippen LogP contribution in [0.25, 0.3) is 22.2 Å². The van der Waals surface area contributed by atoms with Gasteiger partial charge < -0.3 is 14.8 Å². The molecule has 0 saturated carbocycles. The van der Waals surface area contributed by atoms with Gasteiger partial charge in [-0.1, -0.05) is 22.0 Å². The van der Waals surface area contributed by atoms with Crippen molar-refractivity contribution in [2.45, 2.75) is 0 Å². The third-order valence-corrected chi connectivity index (χ3v) is 5.15. The molecule has 8 heteroatoms. The Labute approximate surface area is 167 Å². The monoisotopic (exact) mass is 436 g/mol. The van der Waals surface area contributed by atoms with Gasteiger partial charge in [0.2, 0.25) is 6.79 Å². The van der Waals surface area contributed by atoms with E-state index in [0.717, 1.165) is 15.4 Å². The Morgan fingerprint density at radius 3 is 2.93 bits per heavy atom. The molecule has 3 heterocycles. The molecular formula is C20H13BrN4O3. The number of hydrogen-bond acceptors (Lipinski definition) is 5. The Hall–Kier alpha value is -3.39. The van der Waals surface area contributed by atoms with Crippen LogP contribution in [0.15, 0.2) is 59.2 Å². The van der Waals surface area contributed by atoms with Gasteiger partial charge in [0, 0.05) is 21.6 Å². The van der Waals surface area contributed by atoms with E-state index < -0.39 is 0 Å². The van der Waals surface area contributed by atoms with E-state index in [1.54, 1.807) is 12.3 Å². The van der Waals surface area contributed by atoms with Crippen LogP contribution in [-0.2, 0) is 0 Å². The fourth-order valence-electron chi connectivity index (χ4n) is 3.07. The number of benzene rings is 2. The van der Waals surface area contributed by atoms with E-state index in [-0.39, 0.29) is 12.7 Å². The number of halogens is 1. The number of ether oxygens (including phenoxy) is 2. The predicted molar refractivity (Wildman–Crippen MR) is 108 cm³/mol. The highest BCUT2D eigenvalue weighted by Gasteiger charge is 2.17. The Morgan fingerprint density at radius 2 is 2.00 bits per heavy atom. The molecule has 1 aliphatic rings. The number of fused-ring (bicyclic) bond motifs is 2. The van der Waals surface area contributed by atoms with Crippen molar-refractivity contribution in [1.29, 1.82) is 0 Å². The first-order valence-electron chi connectivity index (χ1n) is 8.49. The fraction of sp³-hybridized carbons (Fsp3) is 0.0500. The first kappa shape index (κ1) is 16.8. The van der Waals surface area contributed by atoms with Gasteiger partial charge in [0.15, 0.2) is 11.5 Å². The zero-order valence-electron chi connectivity index (χ0n) is 14.4. The molecule has 0 atom stereocenters. The Bertz CT molecular complexity index is 1220. The summed E-state index contributed by atoms with van der Waals surface area (Å²) in [6.45, 7) is 0.211. The van der Waals surface area contributed by atoms with Crippen LogP contribution in [0.1, 0.15) is 10.5 Å². The molecule has 2 N–H and O–H groups in total. The smallest absolute Gasteiger partial charge is 0.273 e. The lowest BCUT2D eigenvalue weighted by Crippen LogP contribution is -2.12. The third kappa shape index (κ3) is 2.87. The molecule has 1 amide bonds. The van der Waals surface area contributed by atoms with Gasteiger partial charge in [-0.2, -0.15) is 5.10 Å². The van der Waals surface area contributed by atoms with Crippen molar-refractivity contribution in [3.63, 3.8) is 0 Å². The molecule has 0 spiro atoms. The number of pyridine rings is 1. The number of rotatable bonds is 3. The molecular weight excluding hydrogens is 424 g/mol. The minimum Gasteiger partial charge on any atom is -0.454 e. The lowest BCUT2D eigenvalue weighted by Gasteiger charge is -2.08. The van der Waals surface area contributed by atoms with Crippen LogP contribution in [0.5, 0.6) is 11.5 Å². The molecule has 0 aliphatic carbocycles. The standard InChI is InChI=1S/C20H13BrN4O3/c21-13-4-5-14(19-12(13)2-1-7-22-19)23-20(26)16-9-15(24-25-16)11-3-6-17-18(8-11)28-10-27-17/h1-9H,10H2,(H,23,26)(H,24,25). The number of anilines is 1.